The molecule has 1 aliphatic heterocycles. The molecule has 19 heavy (non-hydrogen) atoms. The zero-order valence-electron chi connectivity index (χ0n) is 11.7. The van der Waals surface area contributed by atoms with Crippen molar-refractivity contribution in [3.8, 4) is 0 Å². The number of rotatable bonds is 3. The van der Waals surface area contributed by atoms with Crippen LogP contribution in [0.5, 0.6) is 0 Å². The Morgan fingerprint density at radius 3 is 2.84 bits per heavy atom. The van der Waals surface area contributed by atoms with Crippen LogP contribution in [0.25, 0.3) is 0 Å². The van der Waals surface area contributed by atoms with Crippen molar-refractivity contribution in [2.24, 2.45) is 5.41 Å². The molecule has 5 heteroatoms. The molecule has 2 unspecified atom stereocenters. The van der Waals surface area contributed by atoms with Gasteiger partial charge in [0.2, 0.25) is 5.91 Å². The minimum absolute atomic E-state index is 0.0866. The third-order valence-corrected chi connectivity index (χ3v) is 3.81. The molecule has 0 aliphatic carbocycles. The quantitative estimate of drug-likeness (QED) is 0.857. The molecule has 0 saturated carbocycles. The Balaban J connectivity index is 2.10. The van der Waals surface area contributed by atoms with Crippen molar-refractivity contribution in [2.45, 2.75) is 26.4 Å². The van der Waals surface area contributed by atoms with Crippen molar-refractivity contribution in [1.29, 1.82) is 0 Å². The summed E-state index contributed by atoms with van der Waals surface area (Å²) in [5, 5.41) is 12.2. The number of aromatic nitrogens is 1. The standard InChI is InChI=1S/C14H21N3O2/c1-10(18)12-5-4-11(8-16-12)17-7-6-14(2,9-17)13(19)15-3/h4-5,8,10,18H,6-7,9H2,1-3H3,(H,15,19). The highest BCUT2D eigenvalue weighted by molar-refractivity contribution is 5.83. The first-order chi connectivity index (χ1) is 8.96. The van der Waals surface area contributed by atoms with Gasteiger partial charge in [-0.1, -0.05) is 0 Å². The monoisotopic (exact) mass is 263 g/mol. The molecule has 104 valence electrons. The van der Waals surface area contributed by atoms with Crippen LogP contribution < -0.4 is 10.2 Å². The third kappa shape index (κ3) is 2.71. The molecule has 2 N–H and O–H groups in total. The van der Waals surface area contributed by atoms with E-state index in [9.17, 15) is 9.90 Å². The van der Waals surface area contributed by atoms with E-state index in [-0.39, 0.29) is 11.3 Å². The zero-order valence-corrected chi connectivity index (χ0v) is 11.7. The van der Waals surface area contributed by atoms with Crippen molar-refractivity contribution in [1.82, 2.24) is 10.3 Å². The van der Waals surface area contributed by atoms with E-state index >= 15 is 0 Å². The van der Waals surface area contributed by atoms with Crippen molar-refractivity contribution in [3.63, 3.8) is 0 Å². The Morgan fingerprint density at radius 2 is 2.32 bits per heavy atom. The molecule has 1 saturated heterocycles. The highest BCUT2D eigenvalue weighted by atomic mass is 16.3. The maximum atomic E-state index is 11.9. The highest BCUT2D eigenvalue weighted by Gasteiger charge is 2.39. The van der Waals surface area contributed by atoms with E-state index in [2.05, 4.69) is 15.2 Å². The van der Waals surface area contributed by atoms with Gasteiger partial charge in [-0.15, -0.1) is 0 Å². The predicted molar refractivity (Wildman–Crippen MR) is 73.9 cm³/mol. The fraction of sp³-hybridized carbons (Fsp3) is 0.571. The average Bonchev–Trinajstić information content (AvgIpc) is 2.82. The van der Waals surface area contributed by atoms with Gasteiger partial charge in [0.05, 0.1) is 29.1 Å². The SMILES string of the molecule is CNC(=O)C1(C)CCN(c2ccc(C(C)O)nc2)C1. The van der Waals surface area contributed by atoms with Gasteiger partial charge < -0.3 is 15.3 Å². The Labute approximate surface area is 113 Å². The summed E-state index contributed by atoms with van der Waals surface area (Å²) >= 11 is 0. The number of aliphatic hydroxyl groups is 1. The zero-order chi connectivity index (χ0) is 14.0. The molecular formula is C14H21N3O2. The van der Waals surface area contributed by atoms with E-state index in [1.807, 2.05) is 19.1 Å². The number of hydrogen-bond donors (Lipinski definition) is 2. The predicted octanol–water partition coefficient (Wildman–Crippen LogP) is 1.10. The van der Waals surface area contributed by atoms with E-state index in [0.717, 1.165) is 18.7 Å². The number of nitrogens with zero attached hydrogens (tertiary/aromatic N) is 2. The molecule has 0 spiro atoms. The van der Waals surface area contributed by atoms with Gasteiger partial charge in [0, 0.05) is 20.1 Å². The maximum Gasteiger partial charge on any atom is 0.227 e. The van der Waals surface area contributed by atoms with E-state index in [0.29, 0.717) is 12.2 Å². The van der Waals surface area contributed by atoms with Gasteiger partial charge in [-0.25, -0.2) is 0 Å². The number of nitrogens with one attached hydrogen (secondary N) is 1. The summed E-state index contributed by atoms with van der Waals surface area (Å²) in [7, 11) is 1.68. The number of carbonyl (C=O) groups is 1. The number of aliphatic hydroxyl groups excluding tert-OH is 1. The van der Waals surface area contributed by atoms with Crippen LogP contribution in [-0.4, -0.2) is 36.1 Å². The van der Waals surface area contributed by atoms with Crippen LogP contribution in [0.15, 0.2) is 18.3 Å². The lowest BCUT2D eigenvalue weighted by Gasteiger charge is -2.23. The molecule has 1 aliphatic rings. The number of pyridine rings is 1. The summed E-state index contributed by atoms with van der Waals surface area (Å²) in [6.45, 7) is 5.23. The Kier molecular flexibility index (Phi) is 3.75. The lowest BCUT2D eigenvalue weighted by Crippen LogP contribution is -2.39. The molecule has 1 fully saturated rings. The van der Waals surface area contributed by atoms with Crippen LogP contribution in [0.2, 0.25) is 0 Å². The van der Waals surface area contributed by atoms with Gasteiger partial charge in [0.15, 0.2) is 0 Å². The van der Waals surface area contributed by atoms with E-state index in [4.69, 9.17) is 0 Å². The summed E-state index contributed by atoms with van der Waals surface area (Å²) in [5.74, 6) is 0.0866. The summed E-state index contributed by atoms with van der Waals surface area (Å²) in [5.41, 5.74) is 1.33. The average molecular weight is 263 g/mol. The summed E-state index contributed by atoms with van der Waals surface area (Å²) in [6, 6.07) is 3.78. The molecule has 1 aromatic heterocycles. The van der Waals surface area contributed by atoms with Gasteiger partial charge in [0.25, 0.3) is 0 Å². The molecule has 2 heterocycles. The second-order valence-corrected chi connectivity index (χ2v) is 5.43. The maximum absolute atomic E-state index is 11.9. The normalized spacial score (nSPS) is 24.3. The number of carbonyl (C=O) groups excluding carboxylic acids is 1. The van der Waals surface area contributed by atoms with Crippen LogP contribution in [0.3, 0.4) is 0 Å². The van der Waals surface area contributed by atoms with E-state index < -0.39 is 6.10 Å². The van der Waals surface area contributed by atoms with Gasteiger partial charge in [-0.2, -0.15) is 0 Å². The first-order valence-corrected chi connectivity index (χ1v) is 6.57. The van der Waals surface area contributed by atoms with Crippen LogP contribution in [0.1, 0.15) is 32.1 Å². The van der Waals surface area contributed by atoms with Crippen molar-refractivity contribution in [3.05, 3.63) is 24.0 Å². The van der Waals surface area contributed by atoms with Gasteiger partial charge in [-0.3, -0.25) is 9.78 Å². The van der Waals surface area contributed by atoms with Crippen LogP contribution in [0.4, 0.5) is 5.69 Å². The number of hydrogen-bond acceptors (Lipinski definition) is 4. The third-order valence-electron chi connectivity index (χ3n) is 3.81. The van der Waals surface area contributed by atoms with Crippen LogP contribution >= 0.6 is 0 Å². The molecule has 0 radical (unpaired) electrons. The fourth-order valence-electron chi connectivity index (χ4n) is 2.50. The van der Waals surface area contributed by atoms with Crippen molar-refractivity contribution < 1.29 is 9.90 Å². The summed E-state index contributed by atoms with van der Waals surface area (Å²) in [6.07, 6.45) is 2.05. The molecule has 2 rings (SSSR count). The summed E-state index contributed by atoms with van der Waals surface area (Å²) in [4.78, 5) is 18.3. The van der Waals surface area contributed by atoms with Crippen molar-refractivity contribution >= 4 is 11.6 Å². The topological polar surface area (TPSA) is 65.5 Å². The smallest absolute Gasteiger partial charge is 0.227 e. The molecular weight excluding hydrogens is 242 g/mol. The Bertz CT molecular complexity index is 458. The fourth-order valence-corrected chi connectivity index (χ4v) is 2.50. The second kappa shape index (κ2) is 5.17. The Hall–Kier alpha value is -1.62. The van der Waals surface area contributed by atoms with Gasteiger partial charge in [0.1, 0.15) is 0 Å². The second-order valence-electron chi connectivity index (χ2n) is 5.43. The molecule has 1 aromatic rings. The van der Waals surface area contributed by atoms with E-state index in [1.165, 1.54) is 0 Å². The summed E-state index contributed by atoms with van der Waals surface area (Å²) < 4.78 is 0. The highest BCUT2D eigenvalue weighted by Crippen LogP contribution is 2.33. The Morgan fingerprint density at radius 1 is 1.58 bits per heavy atom. The van der Waals surface area contributed by atoms with E-state index in [1.54, 1.807) is 20.2 Å². The molecule has 5 nitrogen and oxygen atoms in total. The lowest BCUT2D eigenvalue weighted by molar-refractivity contribution is -0.128. The molecule has 1 amide bonds. The van der Waals surface area contributed by atoms with Crippen LogP contribution in [0, 0.1) is 5.41 Å². The largest absolute Gasteiger partial charge is 0.387 e. The lowest BCUT2D eigenvalue weighted by atomic mass is 9.89. The number of amides is 1. The molecule has 0 bridgehead atoms. The minimum Gasteiger partial charge on any atom is -0.387 e. The first-order valence-electron chi connectivity index (χ1n) is 6.57. The molecule has 0 aromatic carbocycles. The van der Waals surface area contributed by atoms with Gasteiger partial charge >= 0.3 is 0 Å². The van der Waals surface area contributed by atoms with Crippen LogP contribution in [-0.2, 0) is 4.79 Å². The van der Waals surface area contributed by atoms with Crippen molar-refractivity contribution in [2.75, 3.05) is 25.0 Å². The van der Waals surface area contributed by atoms with Gasteiger partial charge in [-0.05, 0) is 32.4 Å². The first kappa shape index (κ1) is 13.8. The molecule has 2 atom stereocenters. The number of anilines is 1. The minimum atomic E-state index is -0.552.